The molecule has 0 saturated heterocycles. The van der Waals surface area contributed by atoms with E-state index in [1.54, 1.807) is 12.1 Å². The van der Waals surface area contributed by atoms with Crippen LogP contribution in [0.3, 0.4) is 0 Å². The van der Waals surface area contributed by atoms with E-state index >= 15 is 0 Å². The van der Waals surface area contributed by atoms with E-state index in [-0.39, 0.29) is 17.6 Å². The predicted molar refractivity (Wildman–Crippen MR) is 71.5 cm³/mol. The van der Waals surface area contributed by atoms with E-state index in [1.165, 1.54) is 18.7 Å². The zero-order valence-electron chi connectivity index (χ0n) is 10.6. The molecule has 1 aliphatic rings. The maximum absolute atomic E-state index is 13.3. The summed E-state index contributed by atoms with van der Waals surface area (Å²) in [7, 11) is 1.45. The van der Waals surface area contributed by atoms with Gasteiger partial charge in [0.2, 0.25) is 0 Å². The normalized spacial score (nSPS) is 21.2. The molecule has 3 rings (SSSR count). The fourth-order valence-corrected chi connectivity index (χ4v) is 2.21. The van der Waals surface area contributed by atoms with E-state index in [1.807, 2.05) is 18.3 Å². The third-order valence-electron chi connectivity index (χ3n) is 3.50. The van der Waals surface area contributed by atoms with Gasteiger partial charge in [-0.05, 0) is 36.2 Å². The molecule has 1 aromatic carbocycles. The van der Waals surface area contributed by atoms with Crippen LogP contribution in [0, 0.1) is 5.82 Å². The largest absolute Gasteiger partial charge is 0.494 e. The maximum atomic E-state index is 13.3. The number of nitrogens with two attached hydrogens (primary N) is 1. The minimum Gasteiger partial charge on any atom is -0.494 e. The quantitative estimate of drug-likeness (QED) is 0.920. The number of hydrogen-bond acceptors (Lipinski definition) is 3. The summed E-state index contributed by atoms with van der Waals surface area (Å²) in [6.07, 6.45) is 2.88. The van der Waals surface area contributed by atoms with Gasteiger partial charge in [-0.15, -0.1) is 0 Å². The van der Waals surface area contributed by atoms with E-state index in [9.17, 15) is 4.39 Å². The molecule has 2 aromatic rings. The third-order valence-corrected chi connectivity index (χ3v) is 3.50. The first kappa shape index (κ1) is 12.1. The monoisotopic (exact) mass is 258 g/mol. The number of ether oxygens (including phenoxy) is 1. The summed E-state index contributed by atoms with van der Waals surface area (Å²) in [5.41, 5.74) is 8.63. The third kappa shape index (κ3) is 2.31. The Balaban J connectivity index is 1.89. The zero-order chi connectivity index (χ0) is 13.4. The second kappa shape index (κ2) is 4.63. The highest BCUT2D eigenvalue weighted by molar-refractivity contribution is 5.61. The Morgan fingerprint density at radius 1 is 1.32 bits per heavy atom. The van der Waals surface area contributed by atoms with Crippen LogP contribution in [0.2, 0.25) is 0 Å². The number of hydrogen-bond donors (Lipinski definition) is 1. The lowest BCUT2D eigenvalue weighted by atomic mass is 10.1. The minimum absolute atomic E-state index is 0.229. The van der Waals surface area contributed by atoms with Crippen LogP contribution < -0.4 is 10.5 Å². The van der Waals surface area contributed by atoms with Gasteiger partial charge in [0.05, 0.1) is 12.8 Å². The summed E-state index contributed by atoms with van der Waals surface area (Å²) >= 11 is 0. The molecule has 3 nitrogen and oxygen atoms in total. The first-order valence-corrected chi connectivity index (χ1v) is 6.24. The molecule has 0 amide bonds. The van der Waals surface area contributed by atoms with Crippen molar-refractivity contribution in [1.82, 2.24) is 4.98 Å². The number of pyridine rings is 1. The average Bonchev–Trinajstić information content (AvgIpc) is 3.17. The molecule has 19 heavy (non-hydrogen) atoms. The van der Waals surface area contributed by atoms with Crippen molar-refractivity contribution in [1.29, 1.82) is 0 Å². The van der Waals surface area contributed by atoms with E-state index < -0.39 is 0 Å². The second-order valence-electron chi connectivity index (χ2n) is 4.83. The number of aromatic nitrogens is 1. The van der Waals surface area contributed by atoms with Gasteiger partial charge in [0, 0.05) is 23.7 Å². The Kier molecular flexibility index (Phi) is 2.95. The topological polar surface area (TPSA) is 48.1 Å². The van der Waals surface area contributed by atoms with Gasteiger partial charge in [-0.1, -0.05) is 6.07 Å². The molecule has 2 unspecified atom stereocenters. The second-order valence-corrected chi connectivity index (χ2v) is 4.83. The Morgan fingerprint density at radius 3 is 2.68 bits per heavy atom. The van der Waals surface area contributed by atoms with Crippen LogP contribution in [-0.4, -0.2) is 18.1 Å². The number of methoxy groups -OCH3 is 1. The number of benzene rings is 1. The molecule has 2 atom stereocenters. The maximum Gasteiger partial charge on any atom is 0.165 e. The molecule has 1 aromatic heterocycles. The van der Waals surface area contributed by atoms with Gasteiger partial charge in [0.25, 0.3) is 0 Å². The Hall–Kier alpha value is -1.94. The summed E-state index contributed by atoms with van der Waals surface area (Å²) in [5, 5.41) is 0. The minimum atomic E-state index is -0.369. The molecule has 1 heterocycles. The van der Waals surface area contributed by atoms with Gasteiger partial charge < -0.3 is 10.5 Å². The molecule has 1 fully saturated rings. The van der Waals surface area contributed by atoms with Crippen molar-refractivity contribution in [2.24, 2.45) is 5.73 Å². The summed E-state index contributed by atoms with van der Waals surface area (Å²) in [6, 6.07) is 8.99. The van der Waals surface area contributed by atoms with Gasteiger partial charge in [0.1, 0.15) is 0 Å². The van der Waals surface area contributed by atoms with Crippen molar-refractivity contribution in [3.05, 3.63) is 47.9 Å². The molecule has 0 radical (unpaired) electrons. The zero-order valence-corrected chi connectivity index (χ0v) is 10.6. The molecule has 0 aliphatic heterocycles. The molecular formula is C15H15FN2O. The van der Waals surface area contributed by atoms with Crippen molar-refractivity contribution in [3.8, 4) is 17.0 Å². The van der Waals surface area contributed by atoms with Crippen LogP contribution >= 0.6 is 0 Å². The van der Waals surface area contributed by atoms with E-state index in [4.69, 9.17) is 10.5 Å². The van der Waals surface area contributed by atoms with E-state index in [2.05, 4.69) is 4.98 Å². The Labute approximate surface area is 111 Å². The summed E-state index contributed by atoms with van der Waals surface area (Å²) in [6.45, 7) is 0. The number of nitrogens with zero attached hydrogens (tertiary/aromatic N) is 1. The van der Waals surface area contributed by atoms with Crippen LogP contribution in [0.25, 0.3) is 11.3 Å². The number of halogens is 1. The number of rotatable bonds is 3. The standard InChI is InChI=1S/C15H15FN2O/c1-19-15-6-9(2-4-12(15)16)14-5-3-10(8-18-14)11-7-13(11)17/h2-6,8,11,13H,7,17H2,1H3. The van der Waals surface area contributed by atoms with Gasteiger partial charge in [0.15, 0.2) is 11.6 Å². The first-order chi connectivity index (χ1) is 9.19. The van der Waals surface area contributed by atoms with Crippen molar-refractivity contribution < 1.29 is 9.13 Å². The lowest BCUT2D eigenvalue weighted by molar-refractivity contribution is 0.387. The Bertz CT molecular complexity index is 598. The van der Waals surface area contributed by atoms with Gasteiger partial charge in [-0.2, -0.15) is 0 Å². The molecule has 98 valence electrons. The lowest BCUT2D eigenvalue weighted by Gasteiger charge is -2.06. The summed E-state index contributed by atoms with van der Waals surface area (Å²) in [5.74, 6) is 0.309. The molecule has 1 saturated carbocycles. The molecule has 2 N–H and O–H groups in total. The van der Waals surface area contributed by atoms with Crippen LogP contribution in [-0.2, 0) is 0 Å². The highest BCUT2D eigenvalue weighted by Crippen LogP contribution is 2.39. The van der Waals surface area contributed by atoms with Crippen molar-refractivity contribution >= 4 is 0 Å². The van der Waals surface area contributed by atoms with E-state index in [0.717, 1.165) is 17.7 Å². The first-order valence-electron chi connectivity index (χ1n) is 6.24. The Morgan fingerprint density at radius 2 is 2.11 bits per heavy atom. The molecule has 1 aliphatic carbocycles. The van der Waals surface area contributed by atoms with Crippen LogP contribution in [0.5, 0.6) is 5.75 Å². The molecular weight excluding hydrogens is 243 g/mol. The smallest absolute Gasteiger partial charge is 0.165 e. The highest BCUT2D eigenvalue weighted by atomic mass is 19.1. The van der Waals surface area contributed by atoms with Crippen molar-refractivity contribution in [3.63, 3.8) is 0 Å². The van der Waals surface area contributed by atoms with Crippen molar-refractivity contribution in [2.75, 3.05) is 7.11 Å². The van der Waals surface area contributed by atoms with Crippen LogP contribution in [0.4, 0.5) is 4.39 Å². The van der Waals surface area contributed by atoms with Crippen LogP contribution in [0.15, 0.2) is 36.5 Å². The SMILES string of the molecule is COc1cc(-c2ccc(C3CC3N)cn2)ccc1F. The summed E-state index contributed by atoms with van der Waals surface area (Å²) in [4.78, 5) is 4.42. The molecule has 0 bridgehead atoms. The predicted octanol–water partition coefficient (Wildman–Crippen LogP) is 2.71. The van der Waals surface area contributed by atoms with Gasteiger partial charge in [-0.25, -0.2) is 4.39 Å². The average molecular weight is 258 g/mol. The van der Waals surface area contributed by atoms with Crippen LogP contribution in [0.1, 0.15) is 17.9 Å². The van der Waals surface area contributed by atoms with Gasteiger partial charge in [-0.3, -0.25) is 4.98 Å². The van der Waals surface area contributed by atoms with Gasteiger partial charge >= 0.3 is 0 Å². The van der Waals surface area contributed by atoms with Crippen molar-refractivity contribution in [2.45, 2.75) is 18.4 Å². The molecule has 4 heteroatoms. The summed E-state index contributed by atoms with van der Waals surface area (Å²) < 4.78 is 18.3. The lowest BCUT2D eigenvalue weighted by Crippen LogP contribution is -2.01. The highest BCUT2D eigenvalue weighted by Gasteiger charge is 2.34. The van der Waals surface area contributed by atoms with E-state index in [0.29, 0.717) is 5.92 Å². The fraction of sp³-hybridized carbons (Fsp3) is 0.267. The fourth-order valence-electron chi connectivity index (χ4n) is 2.21. The molecule has 0 spiro atoms.